The van der Waals surface area contributed by atoms with Gasteiger partial charge in [0.25, 0.3) is 0 Å². The first-order valence-electron chi connectivity index (χ1n) is 13.0. The molecule has 2 aromatic heterocycles. The number of aliphatic hydroxyl groups is 1. The van der Waals surface area contributed by atoms with E-state index >= 15 is 0 Å². The van der Waals surface area contributed by atoms with Crippen molar-refractivity contribution in [3.8, 4) is 18.2 Å². The van der Waals surface area contributed by atoms with Crippen molar-refractivity contribution >= 4 is 22.3 Å². The average molecular weight is 532 g/mol. The lowest BCUT2D eigenvalue weighted by Crippen LogP contribution is -2.20. The van der Waals surface area contributed by atoms with Crippen LogP contribution in [0.15, 0.2) is 48.8 Å². The maximum atomic E-state index is 10.1. The second-order valence-corrected chi connectivity index (χ2v) is 11.3. The van der Waals surface area contributed by atoms with Crippen molar-refractivity contribution in [2.24, 2.45) is 5.41 Å². The van der Waals surface area contributed by atoms with E-state index in [4.69, 9.17) is 0 Å². The first-order valence-corrected chi connectivity index (χ1v) is 13.0. The minimum absolute atomic E-state index is 0.0521. The van der Waals surface area contributed by atoms with Crippen LogP contribution in [-0.2, 0) is 12.1 Å². The van der Waals surface area contributed by atoms with Crippen molar-refractivity contribution in [2.45, 2.75) is 51.8 Å². The van der Waals surface area contributed by atoms with Crippen molar-refractivity contribution < 1.29 is 5.11 Å². The molecule has 1 aliphatic rings. The summed E-state index contributed by atoms with van der Waals surface area (Å²) in [5, 5.41) is 55.8. The van der Waals surface area contributed by atoms with E-state index in [1.165, 1.54) is 6.20 Å². The molecule has 0 saturated heterocycles. The zero-order valence-corrected chi connectivity index (χ0v) is 22.6. The van der Waals surface area contributed by atoms with Crippen molar-refractivity contribution in [1.82, 2.24) is 20.0 Å². The van der Waals surface area contributed by atoms with E-state index in [1.807, 2.05) is 24.3 Å². The highest BCUT2D eigenvalue weighted by Crippen LogP contribution is 2.43. The molecule has 0 amide bonds. The summed E-state index contributed by atoms with van der Waals surface area (Å²) in [7, 11) is 0. The normalized spacial score (nSPS) is 14.5. The molecule has 1 fully saturated rings. The van der Waals surface area contributed by atoms with Crippen LogP contribution < -0.4 is 10.6 Å². The zero-order chi connectivity index (χ0) is 28.5. The van der Waals surface area contributed by atoms with E-state index in [2.05, 4.69) is 64.9 Å². The molecule has 2 aromatic carbocycles. The Hall–Kier alpha value is -4.98. The van der Waals surface area contributed by atoms with Crippen molar-refractivity contribution in [3.05, 3.63) is 76.7 Å². The number of anilines is 2. The summed E-state index contributed by atoms with van der Waals surface area (Å²) in [6.45, 7) is 6.71. The molecular formula is C30H29N9O. The summed E-state index contributed by atoms with van der Waals surface area (Å²) >= 11 is 0. The van der Waals surface area contributed by atoms with Gasteiger partial charge in [0, 0.05) is 18.1 Å². The number of hydrogen-bond acceptors (Lipinski definition) is 9. The fourth-order valence-corrected chi connectivity index (χ4v) is 4.66. The molecule has 0 bridgehead atoms. The van der Waals surface area contributed by atoms with Gasteiger partial charge in [-0.2, -0.15) is 15.8 Å². The maximum absolute atomic E-state index is 10.1. The average Bonchev–Trinajstić information content (AvgIpc) is 3.61. The SMILES string of the molecule is CC(C)(C)CNc1c(C#N)cnc2c(N[C@H](c3cn(C4(C#N)CC4)nn3)c3ccccc3CO)cc(C#N)cc12. The summed E-state index contributed by atoms with van der Waals surface area (Å²) in [5.74, 6) is 0. The number of nitriles is 3. The van der Waals surface area contributed by atoms with Gasteiger partial charge < -0.3 is 15.7 Å². The molecule has 0 aliphatic heterocycles. The molecule has 3 N–H and O–H groups in total. The van der Waals surface area contributed by atoms with Gasteiger partial charge >= 0.3 is 0 Å². The Morgan fingerprint density at radius 1 is 1.12 bits per heavy atom. The van der Waals surface area contributed by atoms with Crippen LogP contribution in [0.4, 0.5) is 11.4 Å². The fraction of sp³-hybridized carbons (Fsp3) is 0.333. The topological polar surface area (TPSA) is 159 Å². The first-order chi connectivity index (χ1) is 19.2. The number of benzene rings is 2. The summed E-state index contributed by atoms with van der Waals surface area (Å²) < 4.78 is 1.61. The molecule has 1 saturated carbocycles. The van der Waals surface area contributed by atoms with Crippen molar-refractivity contribution in [2.75, 3.05) is 17.2 Å². The Kier molecular flexibility index (Phi) is 6.85. The van der Waals surface area contributed by atoms with Crippen LogP contribution in [-0.4, -0.2) is 31.6 Å². The van der Waals surface area contributed by atoms with Crippen LogP contribution in [0.1, 0.15) is 67.6 Å². The Bertz CT molecular complexity index is 1710. The highest BCUT2D eigenvalue weighted by atomic mass is 16.3. The third kappa shape index (κ3) is 5.03. The molecule has 200 valence electrons. The number of pyridine rings is 1. The van der Waals surface area contributed by atoms with Gasteiger partial charge in [-0.1, -0.05) is 50.3 Å². The minimum Gasteiger partial charge on any atom is -0.392 e. The highest BCUT2D eigenvalue weighted by Gasteiger charge is 2.47. The van der Waals surface area contributed by atoms with Gasteiger partial charge in [-0.15, -0.1) is 5.10 Å². The van der Waals surface area contributed by atoms with E-state index in [0.29, 0.717) is 64.0 Å². The lowest BCUT2D eigenvalue weighted by atomic mass is 9.96. The second kappa shape index (κ2) is 10.3. The number of nitrogens with one attached hydrogen (secondary N) is 2. The van der Waals surface area contributed by atoms with E-state index in [9.17, 15) is 20.9 Å². The molecule has 2 heterocycles. The Labute approximate surface area is 232 Å². The van der Waals surface area contributed by atoms with E-state index in [-0.39, 0.29) is 12.0 Å². The van der Waals surface area contributed by atoms with Crippen LogP contribution in [0.25, 0.3) is 10.9 Å². The third-order valence-electron chi connectivity index (χ3n) is 7.03. The van der Waals surface area contributed by atoms with Crippen LogP contribution in [0.5, 0.6) is 0 Å². The quantitative estimate of drug-likeness (QED) is 0.292. The van der Waals surface area contributed by atoms with Crippen LogP contribution in [0.3, 0.4) is 0 Å². The van der Waals surface area contributed by atoms with Crippen molar-refractivity contribution in [1.29, 1.82) is 15.8 Å². The monoisotopic (exact) mass is 531 g/mol. The molecule has 10 heteroatoms. The van der Waals surface area contributed by atoms with E-state index in [0.717, 1.165) is 5.56 Å². The number of aliphatic hydroxyl groups excluding tert-OH is 1. The molecule has 1 atom stereocenters. The number of fused-ring (bicyclic) bond motifs is 1. The first kappa shape index (κ1) is 26.6. The second-order valence-electron chi connectivity index (χ2n) is 11.3. The molecule has 40 heavy (non-hydrogen) atoms. The highest BCUT2D eigenvalue weighted by molar-refractivity contribution is 6.01. The summed E-state index contributed by atoms with van der Waals surface area (Å²) in [5.41, 5.74) is 3.82. The largest absolute Gasteiger partial charge is 0.392 e. The van der Waals surface area contributed by atoms with Gasteiger partial charge in [-0.3, -0.25) is 4.98 Å². The summed E-state index contributed by atoms with van der Waals surface area (Å²) in [4.78, 5) is 4.62. The van der Waals surface area contributed by atoms with Gasteiger partial charge in [0.1, 0.15) is 11.8 Å². The lowest BCUT2D eigenvalue weighted by Gasteiger charge is -2.23. The van der Waals surface area contributed by atoms with Crippen molar-refractivity contribution in [3.63, 3.8) is 0 Å². The Balaban J connectivity index is 1.67. The molecular weight excluding hydrogens is 502 g/mol. The van der Waals surface area contributed by atoms with Gasteiger partial charge in [0.05, 0.1) is 59.0 Å². The Morgan fingerprint density at radius 2 is 1.90 bits per heavy atom. The molecule has 10 nitrogen and oxygen atoms in total. The standard InChI is InChI=1S/C30H29N9O/c1-29(2,3)18-35-26-21(13-32)14-34-27-23(26)10-19(12-31)11-24(27)36-28(22-7-5-4-6-20(22)16-40)25-15-39(38-37-25)30(17-33)8-9-30/h4-7,10-11,14-15,28,36,40H,8-9,16,18H2,1-3H3,(H,34,35)/t28-/m0/s1. The zero-order valence-electron chi connectivity index (χ0n) is 22.6. The number of nitrogens with zero attached hydrogens (tertiary/aromatic N) is 7. The van der Waals surface area contributed by atoms with E-state index in [1.54, 1.807) is 23.0 Å². The summed E-state index contributed by atoms with van der Waals surface area (Å²) in [6, 6.07) is 17.1. The summed E-state index contributed by atoms with van der Waals surface area (Å²) in [6.07, 6.45) is 4.71. The molecule has 1 aliphatic carbocycles. The van der Waals surface area contributed by atoms with E-state index < -0.39 is 11.6 Å². The number of rotatable bonds is 8. The Morgan fingerprint density at radius 3 is 2.55 bits per heavy atom. The van der Waals surface area contributed by atoms with Crippen LogP contribution >= 0.6 is 0 Å². The smallest absolute Gasteiger partial charge is 0.150 e. The van der Waals surface area contributed by atoms with Gasteiger partial charge in [-0.05, 0) is 41.5 Å². The van der Waals surface area contributed by atoms with Gasteiger partial charge in [-0.25, -0.2) is 4.68 Å². The number of aromatic nitrogens is 4. The molecule has 0 unspecified atom stereocenters. The molecule has 4 aromatic rings. The van der Waals surface area contributed by atoms with Gasteiger partial charge in [0.2, 0.25) is 0 Å². The third-order valence-corrected chi connectivity index (χ3v) is 7.03. The van der Waals surface area contributed by atoms with Crippen LogP contribution in [0, 0.1) is 39.4 Å². The predicted octanol–water partition coefficient (Wildman–Crippen LogP) is 4.73. The fourth-order valence-electron chi connectivity index (χ4n) is 4.66. The molecule has 0 radical (unpaired) electrons. The lowest BCUT2D eigenvalue weighted by molar-refractivity contribution is 0.280. The molecule has 5 rings (SSSR count). The minimum atomic E-state index is -0.678. The molecule has 0 spiro atoms. The van der Waals surface area contributed by atoms with Crippen LogP contribution in [0.2, 0.25) is 0 Å². The number of hydrogen-bond donors (Lipinski definition) is 3. The van der Waals surface area contributed by atoms with Gasteiger partial charge in [0.15, 0.2) is 5.54 Å². The maximum Gasteiger partial charge on any atom is 0.150 e. The predicted molar refractivity (Wildman–Crippen MR) is 150 cm³/mol.